The Morgan fingerprint density at radius 1 is 1.09 bits per heavy atom. The minimum absolute atomic E-state index is 0.0917. The van der Waals surface area contributed by atoms with Crippen molar-refractivity contribution in [3.05, 3.63) is 59.9 Å². The average molecular weight is 306 g/mol. The summed E-state index contributed by atoms with van der Waals surface area (Å²) in [6.45, 7) is 5.62. The highest BCUT2D eigenvalue weighted by Crippen LogP contribution is 2.28. The van der Waals surface area contributed by atoms with Gasteiger partial charge in [-0.05, 0) is 43.7 Å². The summed E-state index contributed by atoms with van der Waals surface area (Å²) in [6, 6.07) is 13.7. The van der Waals surface area contributed by atoms with E-state index >= 15 is 0 Å². The van der Waals surface area contributed by atoms with Crippen LogP contribution in [-0.4, -0.2) is 10.9 Å². The van der Waals surface area contributed by atoms with Gasteiger partial charge in [-0.1, -0.05) is 23.8 Å². The van der Waals surface area contributed by atoms with Gasteiger partial charge >= 0.3 is 0 Å². The Balaban J connectivity index is 1.88. The van der Waals surface area contributed by atoms with Gasteiger partial charge in [0.1, 0.15) is 12.0 Å². The molecule has 4 heteroatoms. The number of aryl methyl sites for hydroxylation is 2. The van der Waals surface area contributed by atoms with Crippen molar-refractivity contribution in [3.63, 3.8) is 0 Å². The smallest absolute Gasteiger partial charge is 0.226 e. The minimum Gasteiger partial charge on any atom is -0.444 e. The second-order valence-electron chi connectivity index (χ2n) is 5.61. The normalized spacial score (nSPS) is 10.6. The van der Waals surface area contributed by atoms with Crippen LogP contribution in [0.5, 0.6) is 0 Å². The van der Waals surface area contributed by atoms with Crippen LogP contribution in [0.1, 0.15) is 18.1 Å². The van der Waals surface area contributed by atoms with Crippen LogP contribution < -0.4 is 5.32 Å². The topological polar surface area (TPSA) is 55.1 Å². The number of rotatable bonds is 3. The number of nitrogens with one attached hydrogen (secondary N) is 1. The molecule has 4 nitrogen and oxygen atoms in total. The fourth-order valence-electron chi connectivity index (χ4n) is 2.53. The number of carbonyl (C=O) groups excluding carboxylic acids is 1. The molecule has 2 aromatic carbocycles. The third-order valence-corrected chi connectivity index (χ3v) is 3.61. The first-order valence-electron chi connectivity index (χ1n) is 7.44. The van der Waals surface area contributed by atoms with Gasteiger partial charge in [0.15, 0.2) is 0 Å². The molecule has 1 aromatic heterocycles. The highest BCUT2D eigenvalue weighted by atomic mass is 16.3. The van der Waals surface area contributed by atoms with Crippen LogP contribution in [0.25, 0.3) is 22.7 Å². The molecule has 1 heterocycles. The number of benzene rings is 2. The molecule has 0 spiro atoms. The molecule has 0 saturated carbocycles. The van der Waals surface area contributed by atoms with Crippen LogP contribution in [0.15, 0.2) is 53.1 Å². The molecule has 3 rings (SSSR count). The molecule has 0 saturated heterocycles. The maximum absolute atomic E-state index is 11.0. The van der Waals surface area contributed by atoms with Crippen LogP contribution in [0.2, 0.25) is 0 Å². The molecule has 0 radical (unpaired) electrons. The number of amides is 1. The maximum atomic E-state index is 11.0. The zero-order valence-electron chi connectivity index (χ0n) is 13.4. The number of hydrogen-bond acceptors (Lipinski definition) is 3. The van der Waals surface area contributed by atoms with Crippen molar-refractivity contribution < 1.29 is 9.21 Å². The summed E-state index contributed by atoms with van der Waals surface area (Å²) in [5, 5.41) is 2.74. The summed E-state index contributed by atoms with van der Waals surface area (Å²) in [5.41, 5.74) is 5.91. The van der Waals surface area contributed by atoms with Crippen molar-refractivity contribution in [2.24, 2.45) is 0 Å². The van der Waals surface area contributed by atoms with E-state index in [4.69, 9.17) is 4.42 Å². The average Bonchev–Trinajstić information content (AvgIpc) is 2.97. The fourth-order valence-corrected chi connectivity index (χ4v) is 2.53. The molecule has 0 aliphatic carbocycles. The molecule has 0 aliphatic rings. The lowest BCUT2D eigenvalue weighted by atomic mass is 10.0. The Hall–Kier alpha value is -2.88. The van der Waals surface area contributed by atoms with E-state index in [1.807, 2.05) is 24.3 Å². The van der Waals surface area contributed by atoms with Gasteiger partial charge in [0, 0.05) is 23.7 Å². The summed E-state index contributed by atoms with van der Waals surface area (Å²) in [6.07, 6.45) is 1.68. The second-order valence-corrected chi connectivity index (χ2v) is 5.61. The fraction of sp³-hybridized carbons (Fsp3) is 0.158. The molecule has 1 amide bonds. The Labute approximate surface area is 135 Å². The molecule has 0 unspecified atom stereocenters. The quantitative estimate of drug-likeness (QED) is 0.770. The lowest BCUT2D eigenvalue weighted by Crippen LogP contribution is -2.05. The Morgan fingerprint density at radius 3 is 2.48 bits per heavy atom. The Bertz CT molecular complexity index is 848. The number of anilines is 1. The molecule has 3 aromatic rings. The van der Waals surface area contributed by atoms with E-state index in [0.717, 1.165) is 22.5 Å². The van der Waals surface area contributed by atoms with E-state index in [1.165, 1.54) is 18.1 Å². The first kappa shape index (κ1) is 15.0. The Kier molecular flexibility index (Phi) is 3.98. The van der Waals surface area contributed by atoms with Gasteiger partial charge in [-0.2, -0.15) is 0 Å². The summed E-state index contributed by atoms with van der Waals surface area (Å²) >= 11 is 0. The predicted octanol–water partition coefficient (Wildman–Crippen LogP) is 4.58. The molecule has 0 aliphatic heterocycles. The van der Waals surface area contributed by atoms with Crippen LogP contribution >= 0.6 is 0 Å². The second kappa shape index (κ2) is 6.08. The van der Waals surface area contributed by atoms with Gasteiger partial charge in [-0.3, -0.25) is 4.79 Å². The predicted molar refractivity (Wildman–Crippen MR) is 91.2 cm³/mol. The third kappa shape index (κ3) is 3.31. The van der Waals surface area contributed by atoms with Crippen LogP contribution in [0.4, 0.5) is 5.69 Å². The Morgan fingerprint density at radius 2 is 1.83 bits per heavy atom. The summed E-state index contributed by atoms with van der Waals surface area (Å²) in [5.74, 6) is 0.473. The van der Waals surface area contributed by atoms with E-state index in [1.54, 1.807) is 6.26 Å². The van der Waals surface area contributed by atoms with Gasteiger partial charge in [-0.15, -0.1) is 0 Å². The first-order chi connectivity index (χ1) is 11.0. The molecule has 116 valence electrons. The molecule has 23 heavy (non-hydrogen) atoms. The highest BCUT2D eigenvalue weighted by Gasteiger charge is 2.10. The zero-order chi connectivity index (χ0) is 16.4. The summed E-state index contributed by atoms with van der Waals surface area (Å²) in [7, 11) is 0. The summed E-state index contributed by atoms with van der Waals surface area (Å²) in [4.78, 5) is 15.6. The minimum atomic E-state index is -0.0917. The molecular weight excluding hydrogens is 288 g/mol. The van der Waals surface area contributed by atoms with Crippen molar-refractivity contribution in [1.82, 2.24) is 4.98 Å². The van der Waals surface area contributed by atoms with E-state index < -0.39 is 0 Å². The molecule has 0 bridgehead atoms. The summed E-state index contributed by atoms with van der Waals surface area (Å²) < 4.78 is 5.61. The van der Waals surface area contributed by atoms with Crippen molar-refractivity contribution in [2.75, 3.05) is 5.32 Å². The lowest BCUT2D eigenvalue weighted by molar-refractivity contribution is -0.114. The van der Waals surface area contributed by atoms with Gasteiger partial charge in [0.25, 0.3) is 0 Å². The zero-order valence-corrected chi connectivity index (χ0v) is 13.4. The number of hydrogen-bond donors (Lipinski definition) is 1. The molecule has 0 fully saturated rings. The molecular formula is C19H18N2O2. The third-order valence-electron chi connectivity index (χ3n) is 3.61. The largest absolute Gasteiger partial charge is 0.444 e. The van der Waals surface area contributed by atoms with Crippen LogP contribution in [0, 0.1) is 13.8 Å². The van der Waals surface area contributed by atoms with E-state index in [9.17, 15) is 4.79 Å². The first-order valence-corrected chi connectivity index (χ1v) is 7.44. The number of oxazole rings is 1. The number of carbonyl (C=O) groups is 1. The van der Waals surface area contributed by atoms with E-state index in [2.05, 4.69) is 42.3 Å². The van der Waals surface area contributed by atoms with Gasteiger partial charge in [-0.25, -0.2) is 4.98 Å². The standard InChI is InChI=1S/C19H18N2O2/c1-12-4-9-17(13(2)10-12)18-11-23-19(21-18)15-5-7-16(8-6-15)20-14(3)22/h4-11H,1-3H3,(H,20,22). The monoisotopic (exact) mass is 306 g/mol. The number of nitrogens with zero attached hydrogens (tertiary/aromatic N) is 1. The lowest BCUT2D eigenvalue weighted by Gasteiger charge is -2.03. The van der Waals surface area contributed by atoms with Crippen molar-refractivity contribution >= 4 is 11.6 Å². The van der Waals surface area contributed by atoms with Crippen molar-refractivity contribution in [3.8, 4) is 22.7 Å². The van der Waals surface area contributed by atoms with E-state index in [-0.39, 0.29) is 5.91 Å². The van der Waals surface area contributed by atoms with Gasteiger partial charge in [0.2, 0.25) is 11.8 Å². The SMILES string of the molecule is CC(=O)Nc1ccc(-c2nc(-c3ccc(C)cc3C)co2)cc1. The molecule has 0 atom stereocenters. The number of aromatic nitrogens is 1. The van der Waals surface area contributed by atoms with E-state index in [0.29, 0.717) is 5.89 Å². The maximum Gasteiger partial charge on any atom is 0.226 e. The van der Waals surface area contributed by atoms with Crippen LogP contribution in [0.3, 0.4) is 0 Å². The van der Waals surface area contributed by atoms with Crippen molar-refractivity contribution in [1.29, 1.82) is 0 Å². The van der Waals surface area contributed by atoms with Crippen molar-refractivity contribution in [2.45, 2.75) is 20.8 Å². The molecule has 1 N–H and O–H groups in total. The highest BCUT2D eigenvalue weighted by molar-refractivity contribution is 5.88. The van der Waals surface area contributed by atoms with Gasteiger partial charge in [0.05, 0.1) is 0 Å². The van der Waals surface area contributed by atoms with Crippen LogP contribution in [-0.2, 0) is 4.79 Å². The van der Waals surface area contributed by atoms with Gasteiger partial charge < -0.3 is 9.73 Å².